The third-order valence-electron chi connectivity index (χ3n) is 6.29. The number of nitrogens with zero attached hydrogens (tertiary/aromatic N) is 4. The number of hydrogen-bond acceptors (Lipinski definition) is 5. The van der Waals surface area contributed by atoms with Crippen molar-refractivity contribution in [3.05, 3.63) is 66.2 Å². The Morgan fingerprint density at radius 3 is 2.52 bits per heavy atom. The van der Waals surface area contributed by atoms with E-state index in [0.717, 1.165) is 36.8 Å². The number of rotatable bonds is 10. The lowest BCUT2D eigenvalue weighted by molar-refractivity contribution is 0.0120. The quantitative estimate of drug-likeness (QED) is 0.276. The van der Waals surface area contributed by atoms with Gasteiger partial charge in [-0.3, -0.25) is 4.98 Å². The number of benzene rings is 1. The molecule has 6 nitrogen and oxygen atoms in total. The molecule has 1 aromatic carbocycles. The molecule has 0 aliphatic heterocycles. The number of hydrogen-bond donors (Lipinski definition) is 0. The molecule has 176 valence electrons. The van der Waals surface area contributed by atoms with Crippen molar-refractivity contribution in [1.29, 1.82) is 0 Å². The molecule has 1 saturated carbocycles. The molecule has 1 aliphatic carbocycles. The van der Waals surface area contributed by atoms with E-state index in [2.05, 4.69) is 65.0 Å². The smallest absolute Gasteiger partial charge is 0.183 e. The summed E-state index contributed by atoms with van der Waals surface area (Å²) < 4.78 is 13.8. The molecule has 0 radical (unpaired) electrons. The molecular formula is C26H36N4O2Si. The predicted octanol–water partition coefficient (Wildman–Crippen LogP) is 5.90. The fraction of sp³-hybridized carbons (Fsp3) is 0.500. The molecule has 2 heterocycles. The van der Waals surface area contributed by atoms with Crippen LogP contribution in [0.15, 0.2) is 55.0 Å². The average molecular weight is 465 g/mol. The van der Waals surface area contributed by atoms with Crippen LogP contribution >= 0.6 is 0 Å². The molecule has 0 atom stereocenters. The first-order valence-corrected chi connectivity index (χ1v) is 15.8. The third kappa shape index (κ3) is 7.06. The Balaban J connectivity index is 1.29. The summed E-state index contributed by atoms with van der Waals surface area (Å²) in [5, 5.41) is 4.61. The maximum atomic E-state index is 6.29. The van der Waals surface area contributed by atoms with Gasteiger partial charge in [0.15, 0.2) is 5.82 Å². The highest BCUT2D eigenvalue weighted by atomic mass is 28.3. The Kier molecular flexibility index (Phi) is 8.06. The first-order chi connectivity index (χ1) is 16.0. The molecule has 33 heavy (non-hydrogen) atoms. The van der Waals surface area contributed by atoms with Crippen molar-refractivity contribution in [2.24, 2.45) is 0 Å². The van der Waals surface area contributed by atoms with Gasteiger partial charge < -0.3 is 9.47 Å². The predicted molar refractivity (Wildman–Crippen MR) is 134 cm³/mol. The Hall–Kier alpha value is -2.35. The summed E-state index contributed by atoms with van der Waals surface area (Å²) in [5.41, 5.74) is 3.27. The summed E-state index contributed by atoms with van der Waals surface area (Å²) in [5.74, 6) is 1.32. The summed E-state index contributed by atoms with van der Waals surface area (Å²) in [6.45, 7) is 8.73. The van der Waals surface area contributed by atoms with Crippen LogP contribution in [0.4, 0.5) is 0 Å². The Bertz CT molecular complexity index is 995. The van der Waals surface area contributed by atoms with E-state index in [1.54, 1.807) is 11.0 Å². The highest BCUT2D eigenvalue weighted by molar-refractivity contribution is 6.76. The van der Waals surface area contributed by atoms with Crippen molar-refractivity contribution in [2.45, 2.75) is 76.7 Å². The van der Waals surface area contributed by atoms with E-state index >= 15 is 0 Å². The second-order valence-corrected chi connectivity index (χ2v) is 15.8. The van der Waals surface area contributed by atoms with Gasteiger partial charge in [-0.1, -0.05) is 50.0 Å². The van der Waals surface area contributed by atoms with Gasteiger partial charge in [-0.15, -0.1) is 5.10 Å². The molecule has 2 aromatic heterocycles. The van der Waals surface area contributed by atoms with Crippen molar-refractivity contribution < 1.29 is 9.47 Å². The first-order valence-electron chi connectivity index (χ1n) is 12.1. The standard InChI is InChI=1S/C26H36N4O2Si/c1-33(2,3)17-16-31-20-30-19-28-26(29-30)24-10-7-15-27-25(24)18-32-23-13-11-22(12-14-23)21-8-5-4-6-9-21/h4-10,15,19,22-23H,11-14,16-18,20H2,1-3H3. The van der Waals surface area contributed by atoms with Gasteiger partial charge in [-0.25, -0.2) is 9.67 Å². The normalized spacial score (nSPS) is 19.0. The van der Waals surface area contributed by atoms with Crippen LogP contribution in [0.25, 0.3) is 11.4 Å². The van der Waals surface area contributed by atoms with Crippen LogP contribution in [-0.2, 0) is 22.8 Å². The van der Waals surface area contributed by atoms with Crippen LogP contribution in [0.1, 0.15) is 42.9 Å². The highest BCUT2D eigenvalue weighted by Gasteiger charge is 2.23. The molecule has 1 aliphatic rings. The lowest BCUT2D eigenvalue weighted by atomic mass is 9.83. The average Bonchev–Trinajstić information content (AvgIpc) is 3.30. The van der Waals surface area contributed by atoms with Gasteiger partial charge in [0.05, 0.1) is 18.4 Å². The Morgan fingerprint density at radius 2 is 1.76 bits per heavy atom. The van der Waals surface area contributed by atoms with Gasteiger partial charge in [0.2, 0.25) is 0 Å². The van der Waals surface area contributed by atoms with Crippen LogP contribution in [0.5, 0.6) is 0 Å². The molecule has 0 amide bonds. The fourth-order valence-electron chi connectivity index (χ4n) is 4.26. The van der Waals surface area contributed by atoms with Gasteiger partial charge >= 0.3 is 0 Å². The molecular weight excluding hydrogens is 428 g/mol. The topological polar surface area (TPSA) is 62.1 Å². The molecule has 7 heteroatoms. The van der Waals surface area contributed by atoms with E-state index < -0.39 is 8.07 Å². The van der Waals surface area contributed by atoms with Gasteiger partial charge in [-0.2, -0.15) is 0 Å². The molecule has 0 bridgehead atoms. The summed E-state index contributed by atoms with van der Waals surface area (Å²) in [6, 6.07) is 15.9. The van der Waals surface area contributed by atoms with Crippen molar-refractivity contribution in [3.8, 4) is 11.4 Å². The molecule has 1 fully saturated rings. The summed E-state index contributed by atoms with van der Waals surface area (Å²) in [7, 11) is -1.09. The zero-order chi connectivity index (χ0) is 23.1. The number of pyridine rings is 1. The van der Waals surface area contributed by atoms with Crippen LogP contribution in [0.3, 0.4) is 0 Å². The molecule has 0 saturated heterocycles. The van der Waals surface area contributed by atoms with Crippen molar-refractivity contribution >= 4 is 8.07 Å². The fourth-order valence-corrected chi connectivity index (χ4v) is 5.01. The number of aromatic nitrogens is 4. The van der Waals surface area contributed by atoms with Crippen LogP contribution in [0, 0.1) is 0 Å². The van der Waals surface area contributed by atoms with Crippen LogP contribution in [0.2, 0.25) is 25.7 Å². The van der Waals surface area contributed by atoms with Crippen LogP contribution in [-0.4, -0.2) is 40.5 Å². The highest BCUT2D eigenvalue weighted by Crippen LogP contribution is 2.34. The van der Waals surface area contributed by atoms with Gasteiger partial charge in [0.1, 0.15) is 13.1 Å². The second-order valence-electron chi connectivity index (χ2n) is 10.1. The SMILES string of the molecule is C[Si](C)(C)CCOCn1cnc(-c2cccnc2COC2CCC(c3ccccc3)CC2)n1. The van der Waals surface area contributed by atoms with Gasteiger partial charge in [-0.05, 0) is 55.3 Å². The largest absolute Gasteiger partial charge is 0.372 e. The van der Waals surface area contributed by atoms with Crippen molar-refractivity contribution in [3.63, 3.8) is 0 Å². The Morgan fingerprint density at radius 1 is 0.970 bits per heavy atom. The summed E-state index contributed by atoms with van der Waals surface area (Å²) in [6.07, 6.45) is 8.34. The van der Waals surface area contributed by atoms with Crippen LogP contribution < -0.4 is 0 Å². The minimum atomic E-state index is -1.09. The molecule has 0 spiro atoms. The zero-order valence-corrected chi connectivity index (χ0v) is 21.1. The van der Waals surface area contributed by atoms with E-state index in [1.165, 1.54) is 18.4 Å². The number of ether oxygens (including phenoxy) is 2. The molecule has 4 rings (SSSR count). The van der Waals surface area contributed by atoms with Gasteiger partial charge in [0.25, 0.3) is 0 Å². The van der Waals surface area contributed by atoms with E-state index in [-0.39, 0.29) is 6.10 Å². The zero-order valence-electron chi connectivity index (χ0n) is 20.1. The molecule has 3 aromatic rings. The van der Waals surface area contributed by atoms with E-state index in [0.29, 0.717) is 25.1 Å². The van der Waals surface area contributed by atoms with Gasteiger partial charge in [0, 0.05) is 26.4 Å². The van der Waals surface area contributed by atoms with E-state index in [1.807, 2.05) is 18.3 Å². The molecule has 0 unspecified atom stereocenters. The maximum Gasteiger partial charge on any atom is 0.183 e. The lowest BCUT2D eigenvalue weighted by Crippen LogP contribution is -2.22. The van der Waals surface area contributed by atoms with E-state index in [9.17, 15) is 0 Å². The van der Waals surface area contributed by atoms with Crippen molar-refractivity contribution in [2.75, 3.05) is 6.61 Å². The monoisotopic (exact) mass is 464 g/mol. The second kappa shape index (κ2) is 11.2. The maximum absolute atomic E-state index is 6.29. The summed E-state index contributed by atoms with van der Waals surface area (Å²) in [4.78, 5) is 9.07. The van der Waals surface area contributed by atoms with E-state index in [4.69, 9.17) is 9.47 Å². The molecule has 0 N–H and O–H groups in total. The minimum absolute atomic E-state index is 0.283. The summed E-state index contributed by atoms with van der Waals surface area (Å²) >= 11 is 0. The minimum Gasteiger partial charge on any atom is -0.372 e. The first kappa shape index (κ1) is 23.8. The van der Waals surface area contributed by atoms with Crippen molar-refractivity contribution in [1.82, 2.24) is 19.7 Å². The third-order valence-corrected chi connectivity index (χ3v) is 7.99. The lowest BCUT2D eigenvalue weighted by Gasteiger charge is -2.29. The Labute approximate surface area is 198 Å².